The second-order valence-electron chi connectivity index (χ2n) is 5.51. The summed E-state index contributed by atoms with van der Waals surface area (Å²) < 4.78 is 34.8. The Bertz CT molecular complexity index is 937. The van der Waals surface area contributed by atoms with Crippen LogP contribution in [0.3, 0.4) is 0 Å². The van der Waals surface area contributed by atoms with Crippen molar-refractivity contribution in [1.29, 1.82) is 0 Å². The number of methoxy groups -OCH3 is 1. The molecule has 0 unspecified atom stereocenters. The molecule has 3 aromatic rings. The third kappa shape index (κ3) is 4.60. The van der Waals surface area contributed by atoms with Gasteiger partial charge in [-0.1, -0.05) is 24.3 Å². The van der Waals surface area contributed by atoms with Crippen molar-refractivity contribution in [2.45, 2.75) is 13.2 Å². The van der Waals surface area contributed by atoms with Crippen LogP contribution in [0.5, 0.6) is 11.5 Å². The van der Waals surface area contributed by atoms with E-state index in [2.05, 4.69) is 20.0 Å². The van der Waals surface area contributed by atoms with Crippen LogP contribution in [0.4, 0.5) is 8.78 Å². The Kier molecular flexibility index (Phi) is 5.65. The number of benzene rings is 2. The van der Waals surface area contributed by atoms with Crippen molar-refractivity contribution < 1.29 is 23.0 Å². The van der Waals surface area contributed by atoms with E-state index in [1.807, 2.05) is 24.3 Å². The number of nitrogens with one attached hydrogen (secondary N) is 2. The van der Waals surface area contributed by atoms with Gasteiger partial charge in [-0.3, -0.25) is 4.79 Å². The van der Waals surface area contributed by atoms with E-state index in [-0.39, 0.29) is 18.0 Å². The number of aromatic nitrogens is 2. The highest BCUT2D eigenvalue weighted by atomic mass is 19.3. The van der Waals surface area contributed by atoms with Crippen molar-refractivity contribution >= 4 is 23.0 Å². The number of fused-ring (bicyclic) bond motifs is 1. The summed E-state index contributed by atoms with van der Waals surface area (Å²) in [5, 5.41) is 2.68. The Morgan fingerprint density at radius 1 is 1.26 bits per heavy atom. The fraction of sp³-hybridized carbons (Fsp3) is 0.158. The predicted octanol–water partition coefficient (Wildman–Crippen LogP) is 3.50. The number of halogens is 2. The predicted molar refractivity (Wildman–Crippen MR) is 96.6 cm³/mol. The number of ether oxygens (including phenoxy) is 2. The SMILES string of the molecule is COc1cccc(C=CC(=O)NCc2nc3ccccc3[nH]2)c1OC(F)F. The van der Waals surface area contributed by atoms with E-state index in [0.717, 1.165) is 11.0 Å². The number of carbonyl (C=O) groups is 1. The Hall–Kier alpha value is -3.42. The number of carbonyl (C=O) groups excluding carboxylic acids is 1. The zero-order valence-corrected chi connectivity index (χ0v) is 14.4. The maximum absolute atomic E-state index is 12.6. The lowest BCUT2D eigenvalue weighted by atomic mass is 10.1. The minimum Gasteiger partial charge on any atom is -0.493 e. The van der Waals surface area contributed by atoms with Crippen molar-refractivity contribution in [3.05, 3.63) is 59.9 Å². The highest BCUT2D eigenvalue weighted by molar-refractivity contribution is 5.92. The molecule has 0 spiro atoms. The topological polar surface area (TPSA) is 76.2 Å². The van der Waals surface area contributed by atoms with Gasteiger partial charge in [0.05, 0.1) is 24.7 Å². The van der Waals surface area contributed by atoms with Crippen LogP contribution in [-0.2, 0) is 11.3 Å². The summed E-state index contributed by atoms with van der Waals surface area (Å²) in [5.74, 6) is 0.235. The first-order valence-electron chi connectivity index (χ1n) is 8.08. The standard InChI is InChI=1S/C19H17F2N3O3/c1-26-15-8-4-5-12(18(15)27-19(20)21)9-10-17(25)22-11-16-23-13-6-2-3-7-14(13)24-16/h2-10,19H,11H2,1H3,(H,22,25)(H,23,24). The molecule has 2 N–H and O–H groups in total. The molecular formula is C19H17F2N3O3. The van der Waals surface area contributed by atoms with Crippen LogP contribution in [0.2, 0.25) is 0 Å². The van der Waals surface area contributed by atoms with Gasteiger partial charge in [0.15, 0.2) is 11.5 Å². The van der Waals surface area contributed by atoms with Crippen molar-refractivity contribution in [2.75, 3.05) is 7.11 Å². The number of alkyl halides is 2. The van der Waals surface area contributed by atoms with Crippen molar-refractivity contribution in [3.8, 4) is 11.5 Å². The average molecular weight is 373 g/mol. The lowest BCUT2D eigenvalue weighted by molar-refractivity contribution is -0.116. The molecule has 0 bridgehead atoms. The van der Waals surface area contributed by atoms with E-state index in [1.165, 1.54) is 25.3 Å². The first kappa shape index (κ1) is 18.4. The second kappa shape index (κ2) is 8.31. The van der Waals surface area contributed by atoms with Crippen LogP contribution in [-0.4, -0.2) is 29.6 Å². The zero-order valence-electron chi connectivity index (χ0n) is 14.4. The summed E-state index contributed by atoms with van der Waals surface area (Å²) >= 11 is 0. The minimum atomic E-state index is -3.00. The maximum Gasteiger partial charge on any atom is 0.387 e. The number of amides is 1. The molecule has 1 heterocycles. The van der Waals surface area contributed by atoms with Gasteiger partial charge < -0.3 is 19.8 Å². The van der Waals surface area contributed by atoms with Gasteiger partial charge in [0.1, 0.15) is 5.82 Å². The smallest absolute Gasteiger partial charge is 0.387 e. The summed E-state index contributed by atoms with van der Waals surface area (Å²) in [5.41, 5.74) is 1.98. The molecule has 0 radical (unpaired) electrons. The van der Waals surface area contributed by atoms with Crippen LogP contribution < -0.4 is 14.8 Å². The molecule has 27 heavy (non-hydrogen) atoms. The highest BCUT2D eigenvalue weighted by Crippen LogP contribution is 2.33. The number of para-hydroxylation sites is 3. The van der Waals surface area contributed by atoms with Crippen molar-refractivity contribution in [1.82, 2.24) is 15.3 Å². The van der Waals surface area contributed by atoms with E-state index in [0.29, 0.717) is 11.4 Å². The molecule has 8 heteroatoms. The fourth-order valence-electron chi connectivity index (χ4n) is 2.52. The van der Waals surface area contributed by atoms with E-state index in [1.54, 1.807) is 12.1 Å². The molecule has 0 aliphatic rings. The van der Waals surface area contributed by atoms with Crippen LogP contribution in [0.25, 0.3) is 17.1 Å². The number of aromatic amines is 1. The van der Waals surface area contributed by atoms with Crippen molar-refractivity contribution in [3.63, 3.8) is 0 Å². The quantitative estimate of drug-likeness (QED) is 0.622. The molecular weight excluding hydrogens is 356 g/mol. The minimum absolute atomic E-state index is 0.128. The van der Waals surface area contributed by atoms with Gasteiger partial charge >= 0.3 is 6.61 Å². The van der Waals surface area contributed by atoms with E-state index in [9.17, 15) is 13.6 Å². The lowest BCUT2D eigenvalue weighted by Crippen LogP contribution is -2.20. The molecule has 2 aromatic carbocycles. The molecule has 140 valence electrons. The first-order valence-corrected chi connectivity index (χ1v) is 8.08. The molecule has 0 aliphatic heterocycles. The molecule has 0 saturated carbocycles. The van der Waals surface area contributed by atoms with E-state index < -0.39 is 12.5 Å². The third-order valence-electron chi connectivity index (χ3n) is 3.72. The first-order chi connectivity index (χ1) is 13.1. The second-order valence-corrected chi connectivity index (χ2v) is 5.51. The summed E-state index contributed by atoms with van der Waals surface area (Å²) in [6.07, 6.45) is 2.62. The molecule has 0 saturated heterocycles. The normalized spacial score (nSPS) is 11.3. The molecule has 1 aromatic heterocycles. The van der Waals surface area contributed by atoms with Gasteiger partial charge in [0, 0.05) is 11.6 Å². The highest BCUT2D eigenvalue weighted by Gasteiger charge is 2.14. The van der Waals surface area contributed by atoms with Gasteiger partial charge in [-0.2, -0.15) is 8.78 Å². The number of imidazole rings is 1. The van der Waals surface area contributed by atoms with Gasteiger partial charge in [0.2, 0.25) is 5.91 Å². The van der Waals surface area contributed by atoms with Crippen LogP contribution >= 0.6 is 0 Å². The van der Waals surface area contributed by atoms with Crippen LogP contribution in [0, 0.1) is 0 Å². The monoisotopic (exact) mass is 373 g/mol. The summed E-state index contributed by atoms with van der Waals surface area (Å²) in [6, 6.07) is 12.2. The number of hydrogen-bond donors (Lipinski definition) is 2. The average Bonchev–Trinajstić information content (AvgIpc) is 3.08. The molecule has 0 fully saturated rings. The fourth-order valence-corrected chi connectivity index (χ4v) is 2.52. The molecule has 0 atom stereocenters. The summed E-state index contributed by atoms with van der Waals surface area (Å²) in [7, 11) is 1.35. The van der Waals surface area contributed by atoms with E-state index in [4.69, 9.17) is 4.74 Å². The Labute approximate surface area is 153 Å². The maximum atomic E-state index is 12.6. The van der Waals surface area contributed by atoms with Crippen LogP contribution in [0.1, 0.15) is 11.4 Å². The number of nitrogens with zero attached hydrogens (tertiary/aromatic N) is 1. The molecule has 0 aliphatic carbocycles. The van der Waals surface area contributed by atoms with Crippen molar-refractivity contribution in [2.24, 2.45) is 0 Å². The Morgan fingerprint density at radius 3 is 2.81 bits per heavy atom. The summed E-state index contributed by atoms with van der Waals surface area (Å²) in [4.78, 5) is 19.5. The van der Waals surface area contributed by atoms with Gasteiger partial charge in [-0.05, 0) is 24.3 Å². The molecule has 1 amide bonds. The number of H-pyrrole nitrogens is 1. The van der Waals surface area contributed by atoms with Gasteiger partial charge in [-0.15, -0.1) is 0 Å². The largest absolute Gasteiger partial charge is 0.493 e. The van der Waals surface area contributed by atoms with Crippen LogP contribution in [0.15, 0.2) is 48.5 Å². The Morgan fingerprint density at radius 2 is 2.07 bits per heavy atom. The number of rotatable bonds is 7. The zero-order chi connectivity index (χ0) is 19.2. The van der Waals surface area contributed by atoms with Gasteiger partial charge in [0.25, 0.3) is 0 Å². The number of hydrogen-bond acceptors (Lipinski definition) is 4. The van der Waals surface area contributed by atoms with E-state index >= 15 is 0 Å². The van der Waals surface area contributed by atoms with Gasteiger partial charge in [-0.25, -0.2) is 4.98 Å². The molecule has 6 nitrogen and oxygen atoms in total. The third-order valence-corrected chi connectivity index (χ3v) is 3.72. The Balaban J connectivity index is 1.67. The summed E-state index contributed by atoms with van der Waals surface area (Å²) in [6.45, 7) is -2.80. The lowest BCUT2D eigenvalue weighted by Gasteiger charge is -2.12. The molecule has 3 rings (SSSR count).